The topological polar surface area (TPSA) is 97.2 Å². The molecule has 8 nitrogen and oxygen atoms in total. The molecule has 2 heterocycles. The SMILES string of the molecule is N#CCN1CCOc2nc([N+](=O)[O-])cn2CC1. The lowest BCUT2D eigenvalue weighted by Crippen LogP contribution is -2.34. The van der Waals surface area contributed by atoms with Gasteiger partial charge in [0.2, 0.25) is 0 Å². The number of nitriles is 1. The molecule has 0 fully saturated rings. The van der Waals surface area contributed by atoms with Gasteiger partial charge in [0.05, 0.1) is 12.6 Å². The van der Waals surface area contributed by atoms with Gasteiger partial charge in [-0.2, -0.15) is 5.26 Å². The predicted molar refractivity (Wildman–Crippen MR) is 56.4 cm³/mol. The summed E-state index contributed by atoms with van der Waals surface area (Å²) in [6.07, 6.45) is 1.35. The number of hydrogen-bond acceptors (Lipinski definition) is 6. The quantitative estimate of drug-likeness (QED) is 0.408. The van der Waals surface area contributed by atoms with Gasteiger partial charge in [-0.15, -0.1) is 0 Å². The minimum atomic E-state index is -0.547. The van der Waals surface area contributed by atoms with Crippen molar-refractivity contribution < 1.29 is 9.66 Å². The van der Waals surface area contributed by atoms with Crippen LogP contribution in [0.5, 0.6) is 6.01 Å². The van der Waals surface area contributed by atoms with E-state index in [0.717, 1.165) is 0 Å². The molecule has 0 aliphatic carbocycles. The van der Waals surface area contributed by atoms with Gasteiger partial charge in [0.25, 0.3) is 0 Å². The Labute approximate surface area is 97.2 Å². The summed E-state index contributed by atoms with van der Waals surface area (Å²) in [5.74, 6) is -0.214. The number of rotatable bonds is 2. The second-order valence-corrected chi connectivity index (χ2v) is 3.61. The lowest BCUT2D eigenvalue weighted by molar-refractivity contribution is -0.389. The lowest BCUT2D eigenvalue weighted by Gasteiger charge is -2.21. The van der Waals surface area contributed by atoms with Crippen LogP contribution in [-0.2, 0) is 6.54 Å². The fraction of sp³-hybridized carbons (Fsp3) is 0.556. The maximum atomic E-state index is 10.6. The molecule has 0 amide bonds. The third-order valence-corrected chi connectivity index (χ3v) is 2.50. The molecule has 0 N–H and O–H groups in total. The summed E-state index contributed by atoms with van der Waals surface area (Å²) in [6, 6.07) is 2.34. The van der Waals surface area contributed by atoms with Crippen LogP contribution in [0.1, 0.15) is 0 Å². The van der Waals surface area contributed by atoms with E-state index < -0.39 is 4.92 Å². The Bertz CT molecular complexity index is 464. The van der Waals surface area contributed by atoms with Gasteiger partial charge >= 0.3 is 11.8 Å². The molecule has 0 bridgehead atoms. The largest absolute Gasteiger partial charge is 0.444 e. The number of fused-ring (bicyclic) bond motifs is 1. The summed E-state index contributed by atoms with van der Waals surface area (Å²) in [6.45, 7) is 2.49. The van der Waals surface area contributed by atoms with Crippen molar-refractivity contribution >= 4 is 5.82 Å². The van der Waals surface area contributed by atoms with E-state index in [9.17, 15) is 10.1 Å². The lowest BCUT2D eigenvalue weighted by atomic mass is 10.4. The molecular formula is C9H11N5O3. The van der Waals surface area contributed by atoms with Crippen LogP contribution in [0.2, 0.25) is 0 Å². The summed E-state index contributed by atoms with van der Waals surface area (Å²) < 4.78 is 6.93. The van der Waals surface area contributed by atoms with Gasteiger partial charge in [0, 0.05) is 24.6 Å². The molecule has 0 unspecified atom stereocenters. The number of nitrogens with zero attached hydrogens (tertiary/aromatic N) is 5. The minimum absolute atomic E-state index is 0.214. The third-order valence-electron chi connectivity index (χ3n) is 2.50. The summed E-state index contributed by atoms with van der Waals surface area (Å²) in [7, 11) is 0. The van der Waals surface area contributed by atoms with E-state index in [0.29, 0.717) is 32.8 Å². The van der Waals surface area contributed by atoms with Crippen molar-refractivity contribution in [3.63, 3.8) is 0 Å². The molecule has 17 heavy (non-hydrogen) atoms. The molecule has 1 aromatic rings. The van der Waals surface area contributed by atoms with Gasteiger partial charge in [-0.1, -0.05) is 0 Å². The molecule has 8 heteroatoms. The van der Waals surface area contributed by atoms with Crippen molar-refractivity contribution in [2.24, 2.45) is 0 Å². The van der Waals surface area contributed by atoms with Crippen molar-refractivity contribution in [2.75, 3.05) is 26.2 Å². The van der Waals surface area contributed by atoms with Gasteiger partial charge in [-0.05, 0) is 4.92 Å². The zero-order chi connectivity index (χ0) is 12.3. The number of imidazole rings is 1. The Morgan fingerprint density at radius 2 is 2.41 bits per heavy atom. The molecule has 0 radical (unpaired) electrons. The van der Waals surface area contributed by atoms with Crippen LogP contribution in [0.25, 0.3) is 0 Å². The molecule has 0 saturated carbocycles. The molecule has 1 aliphatic rings. The predicted octanol–water partition coefficient (Wildman–Crippen LogP) is 0.00928. The highest BCUT2D eigenvalue weighted by atomic mass is 16.6. The van der Waals surface area contributed by atoms with E-state index in [1.807, 2.05) is 4.90 Å². The Morgan fingerprint density at radius 3 is 3.12 bits per heavy atom. The maximum Gasteiger partial charge on any atom is 0.414 e. The maximum absolute atomic E-state index is 10.6. The van der Waals surface area contributed by atoms with Crippen molar-refractivity contribution in [2.45, 2.75) is 6.54 Å². The summed E-state index contributed by atoms with van der Waals surface area (Å²) >= 11 is 0. The van der Waals surface area contributed by atoms with E-state index in [-0.39, 0.29) is 11.8 Å². The van der Waals surface area contributed by atoms with Crippen molar-refractivity contribution in [3.05, 3.63) is 16.3 Å². The van der Waals surface area contributed by atoms with Crippen LogP contribution in [-0.4, -0.2) is 45.6 Å². The summed E-state index contributed by atoms with van der Waals surface area (Å²) in [5, 5.41) is 19.2. The van der Waals surface area contributed by atoms with Gasteiger partial charge in [-0.3, -0.25) is 9.47 Å². The van der Waals surface area contributed by atoms with Crippen LogP contribution in [0, 0.1) is 21.4 Å². The number of nitro groups is 1. The van der Waals surface area contributed by atoms with E-state index in [2.05, 4.69) is 11.1 Å². The van der Waals surface area contributed by atoms with E-state index in [4.69, 9.17) is 10.00 Å². The molecule has 0 atom stereocenters. The summed E-state index contributed by atoms with van der Waals surface area (Å²) in [4.78, 5) is 15.7. The molecular weight excluding hydrogens is 226 g/mol. The van der Waals surface area contributed by atoms with E-state index in [1.54, 1.807) is 4.57 Å². The fourth-order valence-electron chi connectivity index (χ4n) is 1.63. The highest BCUT2D eigenvalue weighted by Gasteiger charge is 2.22. The van der Waals surface area contributed by atoms with Gasteiger partial charge in [-0.25, -0.2) is 0 Å². The van der Waals surface area contributed by atoms with Crippen LogP contribution >= 0.6 is 0 Å². The molecule has 0 saturated heterocycles. The van der Waals surface area contributed by atoms with Crippen LogP contribution in [0.4, 0.5) is 5.82 Å². The van der Waals surface area contributed by atoms with Crippen LogP contribution < -0.4 is 4.74 Å². The van der Waals surface area contributed by atoms with E-state index in [1.165, 1.54) is 6.20 Å². The first kappa shape index (κ1) is 11.3. The van der Waals surface area contributed by atoms with Crippen molar-refractivity contribution in [1.82, 2.24) is 14.5 Å². The normalized spacial score (nSPS) is 16.2. The Hall–Kier alpha value is -2.14. The Morgan fingerprint density at radius 1 is 1.59 bits per heavy atom. The highest BCUT2D eigenvalue weighted by Crippen LogP contribution is 2.18. The molecule has 1 aliphatic heterocycles. The molecule has 0 aromatic carbocycles. The van der Waals surface area contributed by atoms with Crippen molar-refractivity contribution in [1.29, 1.82) is 5.26 Å². The third kappa shape index (κ3) is 2.51. The molecule has 2 rings (SSSR count). The zero-order valence-corrected chi connectivity index (χ0v) is 9.07. The first-order chi connectivity index (χ1) is 8.20. The molecule has 90 valence electrons. The average Bonchev–Trinajstić information content (AvgIpc) is 2.65. The van der Waals surface area contributed by atoms with Gasteiger partial charge < -0.3 is 14.9 Å². The van der Waals surface area contributed by atoms with Gasteiger partial charge in [0.1, 0.15) is 12.8 Å². The first-order valence-electron chi connectivity index (χ1n) is 5.14. The molecule has 1 aromatic heterocycles. The Balaban J connectivity index is 2.14. The number of ether oxygens (including phenoxy) is 1. The smallest absolute Gasteiger partial charge is 0.414 e. The minimum Gasteiger partial charge on any atom is -0.444 e. The summed E-state index contributed by atoms with van der Waals surface area (Å²) in [5.41, 5.74) is 0. The van der Waals surface area contributed by atoms with Gasteiger partial charge in [0.15, 0.2) is 0 Å². The van der Waals surface area contributed by atoms with Crippen LogP contribution in [0.15, 0.2) is 6.20 Å². The van der Waals surface area contributed by atoms with E-state index >= 15 is 0 Å². The molecule has 0 spiro atoms. The first-order valence-corrected chi connectivity index (χ1v) is 5.14. The second-order valence-electron chi connectivity index (χ2n) is 3.61. The number of hydrogen-bond donors (Lipinski definition) is 0. The average molecular weight is 237 g/mol. The Kier molecular flexibility index (Phi) is 3.20. The standard InChI is InChI=1S/C9H11N5O3/c10-1-2-12-3-4-13-7-8(14(15)16)11-9(13)17-6-5-12/h7H,2-6H2. The van der Waals surface area contributed by atoms with Crippen molar-refractivity contribution in [3.8, 4) is 12.1 Å². The fourth-order valence-corrected chi connectivity index (χ4v) is 1.63. The van der Waals surface area contributed by atoms with Crippen LogP contribution in [0.3, 0.4) is 0 Å². The zero-order valence-electron chi connectivity index (χ0n) is 9.07. The highest BCUT2D eigenvalue weighted by molar-refractivity contribution is 5.20. The number of aromatic nitrogens is 2. The monoisotopic (exact) mass is 237 g/mol. The second kappa shape index (κ2) is 4.80.